The van der Waals surface area contributed by atoms with Crippen LogP contribution in [0.3, 0.4) is 0 Å². The minimum Gasteiger partial charge on any atom is -0.384 e. The SMILES string of the molecule is Nc1c(C(=O)Nc2cccc(F)c2)c2nc3ccccc3nc2n1CCC1=CCCCC1. The number of rotatable bonds is 5. The molecule has 0 fully saturated rings. The van der Waals surface area contributed by atoms with E-state index in [1.807, 2.05) is 28.8 Å². The van der Waals surface area contributed by atoms with E-state index in [2.05, 4.69) is 11.4 Å². The number of halogens is 1. The van der Waals surface area contributed by atoms with Crippen molar-refractivity contribution in [1.82, 2.24) is 14.5 Å². The maximum Gasteiger partial charge on any atom is 0.261 e. The Kier molecular flexibility index (Phi) is 5.31. The van der Waals surface area contributed by atoms with E-state index in [0.717, 1.165) is 24.8 Å². The van der Waals surface area contributed by atoms with Crippen LogP contribution in [0.25, 0.3) is 22.2 Å². The van der Waals surface area contributed by atoms with Crippen LogP contribution in [0, 0.1) is 5.82 Å². The molecule has 7 heteroatoms. The van der Waals surface area contributed by atoms with Crippen molar-refractivity contribution in [2.24, 2.45) is 0 Å². The number of para-hydroxylation sites is 2. The summed E-state index contributed by atoms with van der Waals surface area (Å²) in [5, 5.41) is 2.75. The molecule has 0 unspecified atom stereocenters. The molecule has 32 heavy (non-hydrogen) atoms. The second-order valence-electron chi connectivity index (χ2n) is 8.12. The van der Waals surface area contributed by atoms with Crippen molar-refractivity contribution in [2.45, 2.75) is 38.6 Å². The summed E-state index contributed by atoms with van der Waals surface area (Å²) in [4.78, 5) is 22.7. The summed E-state index contributed by atoms with van der Waals surface area (Å²) in [6, 6.07) is 13.3. The summed E-state index contributed by atoms with van der Waals surface area (Å²) in [6.45, 7) is 0.619. The summed E-state index contributed by atoms with van der Waals surface area (Å²) < 4.78 is 15.5. The van der Waals surface area contributed by atoms with E-state index in [4.69, 9.17) is 15.7 Å². The Morgan fingerprint density at radius 3 is 2.66 bits per heavy atom. The van der Waals surface area contributed by atoms with Gasteiger partial charge in [-0.05, 0) is 62.4 Å². The molecule has 0 atom stereocenters. The number of carbonyl (C=O) groups is 1. The molecule has 2 aromatic carbocycles. The van der Waals surface area contributed by atoms with Gasteiger partial charge in [-0.15, -0.1) is 0 Å². The average Bonchev–Trinajstić information content (AvgIpc) is 3.07. The molecule has 2 aromatic heterocycles. The highest BCUT2D eigenvalue weighted by Crippen LogP contribution is 2.30. The van der Waals surface area contributed by atoms with Crippen LogP contribution in [0.5, 0.6) is 0 Å². The van der Waals surface area contributed by atoms with Crippen LogP contribution in [0.15, 0.2) is 60.2 Å². The van der Waals surface area contributed by atoms with Gasteiger partial charge in [0.1, 0.15) is 22.7 Å². The molecule has 1 aliphatic carbocycles. The normalized spacial score (nSPS) is 14.0. The molecule has 4 aromatic rings. The van der Waals surface area contributed by atoms with E-state index in [1.54, 1.807) is 12.1 Å². The van der Waals surface area contributed by atoms with Crippen LogP contribution in [-0.2, 0) is 6.54 Å². The zero-order valence-corrected chi connectivity index (χ0v) is 17.6. The second kappa shape index (κ2) is 8.42. The van der Waals surface area contributed by atoms with Gasteiger partial charge in [0.05, 0.1) is 11.0 Å². The van der Waals surface area contributed by atoms with Crippen LogP contribution in [0.4, 0.5) is 15.9 Å². The molecular weight excluding hydrogens is 405 g/mol. The fourth-order valence-electron chi connectivity index (χ4n) is 4.31. The first-order chi connectivity index (χ1) is 15.6. The summed E-state index contributed by atoms with van der Waals surface area (Å²) in [5.41, 5.74) is 11.0. The van der Waals surface area contributed by atoms with Gasteiger partial charge >= 0.3 is 0 Å². The Hall–Kier alpha value is -3.74. The molecule has 162 valence electrons. The zero-order valence-electron chi connectivity index (χ0n) is 17.6. The second-order valence-corrected chi connectivity index (χ2v) is 8.12. The van der Waals surface area contributed by atoms with Crippen LogP contribution < -0.4 is 11.1 Å². The molecule has 0 saturated heterocycles. The van der Waals surface area contributed by atoms with E-state index < -0.39 is 11.7 Å². The first-order valence-electron chi connectivity index (χ1n) is 10.9. The first-order valence-corrected chi connectivity index (χ1v) is 10.9. The number of allylic oxidation sites excluding steroid dienone is 2. The molecular formula is C25H24FN5O. The Morgan fingerprint density at radius 1 is 1.09 bits per heavy atom. The van der Waals surface area contributed by atoms with Crippen molar-refractivity contribution >= 4 is 39.6 Å². The molecule has 0 saturated carbocycles. The van der Waals surface area contributed by atoms with E-state index in [1.165, 1.54) is 30.5 Å². The molecule has 6 nitrogen and oxygen atoms in total. The number of nitrogens with one attached hydrogen (secondary N) is 1. The monoisotopic (exact) mass is 429 g/mol. The summed E-state index contributed by atoms with van der Waals surface area (Å²) in [5.74, 6) is -0.538. The van der Waals surface area contributed by atoms with Gasteiger partial charge < -0.3 is 15.6 Å². The zero-order chi connectivity index (χ0) is 22.1. The van der Waals surface area contributed by atoms with Gasteiger partial charge in [-0.3, -0.25) is 4.79 Å². The van der Waals surface area contributed by atoms with Gasteiger partial charge in [0, 0.05) is 12.2 Å². The third kappa shape index (κ3) is 3.82. The van der Waals surface area contributed by atoms with Crippen LogP contribution in [0.1, 0.15) is 42.5 Å². The topological polar surface area (TPSA) is 85.8 Å². The lowest BCUT2D eigenvalue weighted by atomic mass is 9.97. The maximum absolute atomic E-state index is 13.6. The van der Waals surface area contributed by atoms with Crippen molar-refractivity contribution in [2.75, 3.05) is 11.1 Å². The molecule has 5 rings (SSSR count). The number of nitrogens with two attached hydrogens (primary N) is 1. The van der Waals surface area contributed by atoms with Crippen molar-refractivity contribution in [1.29, 1.82) is 0 Å². The van der Waals surface area contributed by atoms with Crippen molar-refractivity contribution in [3.05, 3.63) is 71.6 Å². The van der Waals surface area contributed by atoms with E-state index in [9.17, 15) is 9.18 Å². The van der Waals surface area contributed by atoms with Gasteiger partial charge in [0.25, 0.3) is 5.91 Å². The molecule has 1 aliphatic rings. The molecule has 2 heterocycles. The third-order valence-electron chi connectivity index (χ3n) is 5.94. The smallest absolute Gasteiger partial charge is 0.261 e. The van der Waals surface area contributed by atoms with E-state index in [-0.39, 0.29) is 5.56 Å². The van der Waals surface area contributed by atoms with Crippen LogP contribution in [0.2, 0.25) is 0 Å². The molecule has 1 amide bonds. The predicted molar refractivity (Wildman–Crippen MR) is 125 cm³/mol. The number of aromatic nitrogens is 3. The standard InChI is InChI=1S/C25H24FN5O/c26-17-9-6-10-18(15-17)28-25(32)21-22-24(30-20-12-5-4-11-19(20)29-22)31(23(21)27)14-13-16-7-2-1-3-8-16/h4-7,9-12,15H,1-3,8,13-14,27H2,(H,28,32). The minimum atomic E-state index is -0.432. The maximum atomic E-state index is 13.6. The Balaban J connectivity index is 1.59. The largest absolute Gasteiger partial charge is 0.384 e. The van der Waals surface area contributed by atoms with E-state index >= 15 is 0 Å². The Labute approximate surface area is 185 Å². The van der Waals surface area contributed by atoms with Gasteiger partial charge in [-0.1, -0.05) is 29.8 Å². The Bertz CT molecular complexity index is 1360. The summed E-state index contributed by atoms with van der Waals surface area (Å²) in [6.07, 6.45) is 7.82. The number of nitrogens with zero attached hydrogens (tertiary/aromatic N) is 3. The highest BCUT2D eigenvalue weighted by atomic mass is 19.1. The van der Waals surface area contributed by atoms with Crippen LogP contribution in [-0.4, -0.2) is 20.4 Å². The highest BCUT2D eigenvalue weighted by Gasteiger charge is 2.24. The lowest BCUT2D eigenvalue weighted by Crippen LogP contribution is -2.15. The number of hydrogen-bond acceptors (Lipinski definition) is 4. The summed E-state index contributed by atoms with van der Waals surface area (Å²) in [7, 11) is 0. The fraction of sp³-hybridized carbons (Fsp3) is 0.240. The summed E-state index contributed by atoms with van der Waals surface area (Å²) >= 11 is 0. The van der Waals surface area contributed by atoms with Crippen molar-refractivity contribution < 1.29 is 9.18 Å². The molecule has 3 N–H and O–H groups in total. The lowest BCUT2D eigenvalue weighted by Gasteiger charge is -2.14. The lowest BCUT2D eigenvalue weighted by molar-refractivity contribution is 0.102. The molecule has 0 spiro atoms. The predicted octanol–water partition coefficient (Wildman–Crippen LogP) is 5.45. The number of nitrogen functional groups attached to an aromatic ring is 1. The van der Waals surface area contributed by atoms with Crippen LogP contribution >= 0.6 is 0 Å². The fourth-order valence-corrected chi connectivity index (χ4v) is 4.31. The molecule has 0 aliphatic heterocycles. The van der Waals surface area contributed by atoms with Crippen molar-refractivity contribution in [3.63, 3.8) is 0 Å². The number of carbonyl (C=O) groups excluding carboxylic acids is 1. The number of hydrogen-bond donors (Lipinski definition) is 2. The van der Waals surface area contributed by atoms with Crippen molar-refractivity contribution in [3.8, 4) is 0 Å². The minimum absolute atomic E-state index is 0.264. The quantitative estimate of drug-likeness (QED) is 0.413. The van der Waals surface area contributed by atoms with Gasteiger partial charge in [0.2, 0.25) is 0 Å². The van der Waals surface area contributed by atoms with Gasteiger partial charge in [0.15, 0.2) is 5.65 Å². The highest BCUT2D eigenvalue weighted by molar-refractivity contribution is 6.16. The van der Waals surface area contributed by atoms with Gasteiger partial charge in [-0.2, -0.15) is 0 Å². The Morgan fingerprint density at radius 2 is 1.91 bits per heavy atom. The number of amides is 1. The van der Waals surface area contributed by atoms with E-state index in [0.29, 0.717) is 34.7 Å². The molecule has 0 bridgehead atoms. The number of aryl methyl sites for hydroxylation is 1. The number of benzene rings is 2. The third-order valence-corrected chi connectivity index (χ3v) is 5.94. The van der Waals surface area contributed by atoms with Gasteiger partial charge in [-0.25, -0.2) is 14.4 Å². The molecule has 0 radical (unpaired) electrons. The first kappa shape index (κ1) is 20.2. The average molecular weight is 429 g/mol. The number of fused-ring (bicyclic) bond motifs is 2. The number of anilines is 2.